The summed E-state index contributed by atoms with van der Waals surface area (Å²) in [7, 11) is 0. The topological polar surface area (TPSA) is 139 Å². The van der Waals surface area contributed by atoms with E-state index in [2.05, 4.69) is 11.4 Å². The normalized spacial score (nSPS) is 42.2. The predicted octanol–water partition coefficient (Wildman–Crippen LogP) is -0.475. The van der Waals surface area contributed by atoms with Crippen molar-refractivity contribution in [3.8, 4) is 6.07 Å². The fourth-order valence-electron chi connectivity index (χ4n) is 5.99. The van der Waals surface area contributed by atoms with Gasteiger partial charge in [0.15, 0.2) is 0 Å². The minimum atomic E-state index is -0.497. The van der Waals surface area contributed by atoms with Crippen molar-refractivity contribution in [3.63, 3.8) is 0 Å². The Bertz CT molecular complexity index is 518. The van der Waals surface area contributed by atoms with Gasteiger partial charge in [-0.2, -0.15) is 5.26 Å². The summed E-state index contributed by atoms with van der Waals surface area (Å²) in [6.45, 7) is 1.02. The van der Waals surface area contributed by atoms with Crippen molar-refractivity contribution in [1.29, 1.82) is 5.26 Å². The van der Waals surface area contributed by atoms with Gasteiger partial charge in [0, 0.05) is 12.1 Å². The van der Waals surface area contributed by atoms with Crippen LogP contribution in [0.4, 0.5) is 0 Å². The third-order valence-electron chi connectivity index (χ3n) is 6.37. The molecule has 1 saturated heterocycles. The molecule has 5 rings (SSSR count). The molecular formula is C17H29N3O4. The first kappa shape index (κ1) is 19.1. The van der Waals surface area contributed by atoms with Crippen molar-refractivity contribution in [1.82, 2.24) is 10.2 Å². The molecule has 7 nitrogen and oxygen atoms in total. The minimum Gasteiger partial charge on any atom is -0.412 e. The van der Waals surface area contributed by atoms with E-state index in [1.54, 1.807) is 4.90 Å². The number of carbonyl (C=O) groups is 1. The molecule has 1 aliphatic heterocycles. The van der Waals surface area contributed by atoms with Crippen molar-refractivity contribution >= 4 is 5.91 Å². The van der Waals surface area contributed by atoms with E-state index in [4.69, 9.17) is 5.26 Å². The van der Waals surface area contributed by atoms with Crippen LogP contribution in [-0.2, 0) is 4.79 Å². The van der Waals surface area contributed by atoms with Gasteiger partial charge < -0.3 is 26.3 Å². The van der Waals surface area contributed by atoms with E-state index in [1.807, 2.05) is 0 Å². The summed E-state index contributed by atoms with van der Waals surface area (Å²) in [6, 6.07) is 1.99. The van der Waals surface area contributed by atoms with Crippen LogP contribution in [-0.4, -0.2) is 57.1 Å². The number of amides is 1. The SMILES string of the molecule is N#C[C@@H]1CCCN1C(=O)CNC12CC3CC(CC(O)(C3)C1)C2.O.O. The molecule has 1 heterocycles. The molecule has 7 heteroatoms. The molecule has 136 valence electrons. The lowest BCUT2D eigenvalue weighted by atomic mass is 9.51. The first-order valence-corrected chi connectivity index (χ1v) is 8.67. The zero-order valence-electron chi connectivity index (χ0n) is 14.1. The van der Waals surface area contributed by atoms with Gasteiger partial charge >= 0.3 is 0 Å². The van der Waals surface area contributed by atoms with E-state index in [-0.39, 0.29) is 28.4 Å². The Hall–Kier alpha value is -1.20. The fraction of sp³-hybridized carbons (Fsp3) is 0.882. The Labute approximate surface area is 142 Å². The predicted molar refractivity (Wildman–Crippen MR) is 87.9 cm³/mol. The Kier molecular flexibility index (Phi) is 5.26. The summed E-state index contributed by atoms with van der Waals surface area (Å²) in [5, 5.41) is 23.4. The van der Waals surface area contributed by atoms with Crippen LogP contribution in [0.5, 0.6) is 0 Å². The first-order chi connectivity index (χ1) is 10.5. The highest BCUT2D eigenvalue weighted by molar-refractivity contribution is 5.79. The van der Waals surface area contributed by atoms with Crippen LogP contribution in [0.15, 0.2) is 0 Å². The van der Waals surface area contributed by atoms with Crippen molar-refractivity contribution in [2.75, 3.05) is 13.1 Å². The van der Waals surface area contributed by atoms with Crippen LogP contribution in [0.2, 0.25) is 0 Å². The maximum Gasteiger partial charge on any atom is 0.237 e. The van der Waals surface area contributed by atoms with Gasteiger partial charge in [-0.1, -0.05) is 0 Å². The summed E-state index contributed by atoms with van der Waals surface area (Å²) in [6.07, 6.45) is 7.87. The Balaban J connectivity index is 0.00000104. The smallest absolute Gasteiger partial charge is 0.237 e. The molecular weight excluding hydrogens is 310 g/mol. The lowest BCUT2D eigenvalue weighted by Crippen LogP contribution is -2.65. The molecule has 5 fully saturated rings. The number of carbonyl (C=O) groups excluding carboxylic acids is 1. The Morgan fingerprint density at radius 2 is 1.92 bits per heavy atom. The summed E-state index contributed by atoms with van der Waals surface area (Å²) < 4.78 is 0. The zero-order valence-corrected chi connectivity index (χ0v) is 14.1. The van der Waals surface area contributed by atoms with E-state index >= 15 is 0 Å². The number of nitrogens with zero attached hydrogens (tertiary/aromatic N) is 2. The number of nitrogens with one attached hydrogen (secondary N) is 1. The molecule has 1 amide bonds. The molecule has 0 aromatic carbocycles. The average Bonchev–Trinajstić information content (AvgIpc) is 2.90. The third kappa shape index (κ3) is 3.16. The number of likely N-dealkylation sites (tertiary alicyclic amines) is 1. The van der Waals surface area contributed by atoms with Crippen molar-refractivity contribution < 1.29 is 20.9 Å². The highest BCUT2D eigenvalue weighted by atomic mass is 16.3. The van der Waals surface area contributed by atoms with Gasteiger partial charge in [-0.15, -0.1) is 0 Å². The third-order valence-corrected chi connectivity index (χ3v) is 6.37. The number of aliphatic hydroxyl groups is 1. The molecule has 5 aliphatic rings. The molecule has 3 atom stereocenters. The second-order valence-corrected chi connectivity index (χ2v) is 8.19. The number of hydrogen-bond acceptors (Lipinski definition) is 4. The van der Waals surface area contributed by atoms with Gasteiger partial charge in [-0.25, -0.2) is 0 Å². The maximum absolute atomic E-state index is 12.4. The fourth-order valence-corrected chi connectivity index (χ4v) is 5.99. The molecule has 0 aromatic heterocycles. The largest absolute Gasteiger partial charge is 0.412 e. The first-order valence-electron chi connectivity index (χ1n) is 8.67. The molecule has 4 saturated carbocycles. The monoisotopic (exact) mass is 339 g/mol. The van der Waals surface area contributed by atoms with Crippen LogP contribution in [0, 0.1) is 23.2 Å². The summed E-state index contributed by atoms with van der Waals surface area (Å²) in [5.74, 6) is 1.28. The summed E-state index contributed by atoms with van der Waals surface area (Å²) >= 11 is 0. The molecule has 6 N–H and O–H groups in total. The summed E-state index contributed by atoms with van der Waals surface area (Å²) in [4.78, 5) is 14.2. The quantitative estimate of drug-likeness (QED) is 0.717. The molecule has 24 heavy (non-hydrogen) atoms. The van der Waals surface area contributed by atoms with Crippen molar-refractivity contribution in [2.45, 2.75) is 68.5 Å². The van der Waals surface area contributed by atoms with Gasteiger partial charge in [0.25, 0.3) is 0 Å². The maximum atomic E-state index is 12.4. The number of nitriles is 1. The van der Waals surface area contributed by atoms with E-state index < -0.39 is 5.60 Å². The Morgan fingerprint density at radius 1 is 1.25 bits per heavy atom. The molecule has 0 aromatic rings. The lowest BCUT2D eigenvalue weighted by Gasteiger charge is -2.60. The summed E-state index contributed by atoms with van der Waals surface area (Å²) in [5.41, 5.74) is -0.542. The van der Waals surface area contributed by atoms with Crippen LogP contribution < -0.4 is 5.32 Å². The van der Waals surface area contributed by atoms with Gasteiger partial charge in [-0.05, 0) is 63.2 Å². The van der Waals surface area contributed by atoms with E-state index in [1.165, 1.54) is 6.42 Å². The molecule has 4 aliphatic carbocycles. The Morgan fingerprint density at radius 3 is 2.50 bits per heavy atom. The molecule has 0 spiro atoms. The van der Waals surface area contributed by atoms with E-state index in [9.17, 15) is 9.90 Å². The van der Waals surface area contributed by atoms with Gasteiger partial charge in [-0.3, -0.25) is 4.79 Å². The second-order valence-electron chi connectivity index (χ2n) is 8.19. The zero-order chi connectivity index (χ0) is 15.4. The van der Waals surface area contributed by atoms with Gasteiger partial charge in [0.05, 0.1) is 18.2 Å². The lowest BCUT2D eigenvalue weighted by molar-refractivity contribution is -0.147. The van der Waals surface area contributed by atoms with E-state index in [0.29, 0.717) is 24.9 Å². The average molecular weight is 339 g/mol. The standard InChI is InChI=1S/C17H25N3O2.2H2O/c18-9-14-2-1-3-20(14)15(21)10-19-16-5-12-4-13(6-16)8-17(22,7-12)11-16;;/h12-14,19,22H,1-8,10-11H2;2*1H2/t12?,13?,14-,16?,17?;;/m0../s1. The van der Waals surface area contributed by atoms with Crippen LogP contribution in [0.25, 0.3) is 0 Å². The number of rotatable bonds is 3. The van der Waals surface area contributed by atoms with Crippen molar-refractivity contribution in [3.05, 3.63) is 0 Å². The van der Waals surface area contributed by atoms with E-state index in [0.717, 1.165) is 44.9 Å². The molecule has 0 radical (unpaired) electrons. The number of hydrogen-bond donors (Lipinski definition) is 2. The van der Waals surface area contributed by atoms with Crippen LogP contribution >= 0.6 is 0 Å². The highest BCUT2D eigenvalue weighted by Gasteiger charge is 2.57. The minimum absolute atomic E-state index is 0. The molecule has 4 bridgehead atoms. The molecule has 2 unspecified atom stereocenters. The second kappa shape index (κ2) is 6.60. The van der Waals surface area contributed by atoms with Gasteiger partial charge in [0.2, 0.25) is 5.91 Å². The highest BCUT2D eigenvalue weighted by Crippen LogP contribution is 2.57. The van der Waals surface area contributed by atoms with Crippen LogP contribution in [0.3, 0.4) is 0 Å². The van der Waals surface area contributed by atoms with Crippen molar-refractivity contribution in [2.24, 2.45) is 11.8 Å². The van der Waals surface area contributed by atoms with Crippen LogP contribution in [0.1, 0.15) is 51.4 Å². The van der Waals surface area contributed by atoms with Gasteiger partial charge in [0.1, 0.15) is 6.04 Å².